The fraction of sp³-hybridized carbons (Fsp3) is 0.300. The number of rotatable bonds is 2. The lowest BCUT2D eigenvalue weighted by Crippen LogP contribution is -2.24. The Morgan fingerprint density at radius 3 is 2.71 bits per heavy atom. The van der Waals surface area contributed by atoms with Crippen molar-refractivity contribution in [3.8, 4) is 0 Å². The molecule has 1 amide bonds. The van der Waals surface area contributed by atoms with Gasteiger partial charge in [0.25, 0.3) is 5.69 Å². The number of nitro benzene ring substituents is 1. The molecule has 0 aromatic heterocycles. The van der Waals surface area contributed by atoms with Gasteiger partial charge in [-0.3, -0.25) is 14.9 Å². The minimum atomic E-state index is -0.716. The smallest absolute Gasteiger partial charge is 0.295 e. The van der Waals surface area contributed by atoms with Crippen LogP contribution in [0.5, 0.6) is 0 Å². The van der Waals surface area contributed by atoms with Crippen LogP contribution in [-0.2, 0) is 4.79 Å². The number of nitrogens with zero attached hydrogens (tertiary/aromatic N) is 2. The molecule has 0 atom stereocenters. The summed E-state index contributed by atoms with van der Waals surface area (Å²) in [6.45, 7) is 0.428. The number of carbonyl (C=O) groups is 1. The third-order valence-corrected chi connectivity index (χ3v) is 3.19. The first-order valence-corrected chi connectivity index (χ1v) is 5.74. The quantitative estimate of drug-likeness (QED) is 0.623. The molecule has 0 saturated carbocycles. The van der Waals surface area contributed by atoms with Gasteiger partial charge in [0.2, 0.25) is 5.91 Å². The molecule has 0 radical (unpaired) electrons. The maximum atomic E-state index is 13.2. The van der Waals surface area contributed by atoms with Crippen LogP contribution in [0, 0.1) is 15.9 Å². The van der Waals surface area contributed by atoms with Crippen molar-refractivity contribution in [3.63, 3.8) is 0 Å². The molecule has 1 fully saturated rings. The second-order valence-corrected chi connectivity index (χ2v) is 4.52. The van der Waals surface area contributed by atoms with Crippen LogP contribution in [0.3, 0.4) is 0 Å². The van der Waals surface area contributed by atoms with Crippen molar-refractivity contribution in [1.82, 2.24) is 0 Å². The maximum absolute atomic E-state index is 13.2. The van der Waals surface area contributed by atoms with Crippen LogP contribution in [0.15, 0.2) is 16.6 Å². The number of hydrogen-bond acceptors (Lipinski definition) is 3. The number of hydrogen-bond donors (Lipinski definition) is 0. The van der Waals surface area contributed by atoms with Gasteiger partial charge in [-0.25, -0.2) is 4.39 Å². The SMILES string of the molecule is O=C1CCCN1c1cc(Br)c(F)cc1[N+](=O)[O-]. The highest BCUT2D eigenvalue weighted by Crippen LogP contribution is 2.35. The highest BCUT2D eigenvalue weighted by molar-refractivity contribution is 9.10. The van der Waals surface area contributed by atoms with Gasteiger partial charge in [0.1, 0.15) is 11.5 Å². The van der Waals surface area contributed by atoms with E-state index in [0.29, 0.717) is 19.4 Å². The molecule has 0 aliphatic carbocycles. The Kier molecular flexibility index (Phi) is 3.10. The van der Waals surface area contributed by atoms with E-state index in [1.807, 2.05) is 0 Å². The predicted molar refractivity (Wildman–Crippen MR) is 62.3 cm³/mol. The minimum absolute atomic E-state index is 0.109. The van der Waals surface area contributed by atoms with Gasteiger partial charge in [-0.2, -0.15) is 0 Å². The molecule has 1 aliphatic rings. The van der Waals surface area contributed by atoms with Gasteiger partial charge in [-0.1, -0.05) is 0 Å². The molecule has 0 spiro atoms. The van der Waals surface area contributed by atoms with E-state index in [9.17, 15) is 19.3 Å². The minimum Gasteiger partial charge on any atom is -0.306 e. The fourth-order valence-electron chi connectivity index (χ4n) is 1.79. The lowest BCUT2D eigenvalue weighted by molar-refractivity contribution is -0.384. The highest BCUT2D eigenvalue weighted by atomic mass is 79.9. The Morgan fingerprint density at radius 1 is 1.47 bits per heavy atom. The first kappa shape index (κ1) is 12.0. The summed E-state index contributed by atoms with van der Waals surface area (Å²) in [6, 6.07) is 2.10. The van der Waals surface area contributed by atoms with E-state index in [1.165, 1.54) is 11.0 Å². The zero-order chi connectivity index (χ0) is 12.6. The molecular formula is C10H8BrFN2O3. The van der Waals surface area contributed by atoms with E-state index in [-0.39, 0.29) is 21.8 Å². The molecule has 90 valence electrons. The predicted octanol–water partition coefficient (Wildman–Crippen LogP) is 2.62. The monoisotopic (exact) mass is 302 g/mol. The Labute approximate surface area is 104 Å². The van der Waals surface area contributed by atoms with E-state index in [4.69, 9.17) is 0 Å². The van der Waals surface area contributed by atoms with Crippen molar-refractivity contribution >= 4 is 33.2 Å². The topological polar surface area (TPSA) is 63.5 Å². The standard InChI is InChI=1S/C10H8BrFN2O3/c11-6-4-8(13-3-1-2-10(13)15)9(14(16)17)5-7(6)12/h4-5H,1-3H2. The van der Waals surface area contributed by atoms with E-state index < -0.39 is 10.7 Å². The second-order valence-electron chi connectivity index (χ2n) is 3.66. The molecule has 1 heterocycles. The number of amides is 1. The molecular weight excluding hydrogens is 295 g/mol. The molecule has 17 heavy (non-hydrogen) atoms. The van der Waals surface area contributed by atoms with E-state index in [0.717, 1.165) is 6.07 Å². The zero-order valence-corrected chi connectivity index (χ0v) is 10.2. The van der Waals surface area contributed by atoms with Crippen molar-refractivity contribution in [3.05, 3.63) is 32.5 Å². The third-order valence-electron chi connectivity index (χ3n) is 2.58. The average Bonchev–Trinajstić information content (AvgIpc) is 2.67. The molecule has 1 aromatic carbocycles. The van der Waals surface area contributed by atoms with Crippen molar-refractivity contribution in [2.75, 3.05) is 11.4 Å². The summed E-state index contributed by atoms with van der Waals surface area (Å²) in [5, 5.41) is 10.8. The molecule has 7 heteroatoms. The van der Waals surface area contributed by atoms with Gasteiger partial charge in [0, 0.05) is 13.0 Å². The summed E-state index contributed by atoms with van der Waals surface area (Å²) in [5.74, 6) is -0.890. The van der Waals surface area contributed by atoms with Crippen LogP contribution in [0.4, 0.5) is 15.8 Å². The van der Waals surface area contributed by atoms with Crippen molar-refractivity contribution < 1.29 is 14.1 Å². The first-order valence-electron chi connectivity index (χ1n) is 4.94. The van der Waals surface area contributed by atoms with E-state index in [1.54, 1.807) is 0 Å². The largest absolute Gasteiger partial charge is 0.306 e. The highest BCUT2D eigenvalue weighted by Gasteiger charge is 2.29. The molecule has 1 saturated heterocycles. The Balaban J connectivity index is 2.54. The maximum Gasteiger partial charge on any atom is 0.295 e. The Morgan fingerprint density at radius 2 is 2.18 bits per heavy atom. The number of nitro groups is 1. The van der Waals surface area contributed by atoms with Crippen LogP contribution in [0.2, 0.25) is 0 Å². The van der Waals surface area contributed by atoms with Gasteiger partial charge in [-0.05, 0) is 28.4 Å². The second kappa shape index (κ2) is 4.40. The number of anilines is 1. The summed E-state index contributed by atoms with van der Waals surface area (Å²) in [7, 11) is 0. The zero-order valence-electron chi connectivity index (χ0n) is 8.65. The lowest BCUT2D eigenvalue weighted by Gasteiger charge is -2.16. The van der Waals surface area contributed by atoms with E-state index in [2.05, 4.69) is 15.9 Å². The normalized spacial score (nSPS) is 15.4. The van der Waals surface area contributed by atoms with Crippen LogP contribution >= 0.6 is 15.9 Å². The lowest BCUT2D eigenvalue weighted by atomic mass is 10.2. The van der Waals surface area contributed by atoms with Crippen molar-refractivity contribution in [1.29, 1.82) is 0 Å². The molecule has 0 unspecified atom stereocenters. The molecule has 0 N–H and O–H groups in total. The first-order chi connectivity index (χ1) is 8.00. The van der Waals surface area contributed by atoms with Crippen LogP contribution in [0.1, 0.15) is 12.8 Å². The van der Waals surface area contributed by atoms with Gasteiger partial charge in [-0.15, -0.1) is 0 Å². The van der Waals surface area contributed by atoms with Gasteiger partial charge >= 0.3 is 0 Å². The summed E-state index contributed by atoms with van der Waals surface area (Å²) >= 11 is 2.96. The van der Waals surface area contributed by atoms with Crippen LogP contribution in [-0.4, -0.2) is 17.4 Å². The number of carbonyl (C=O) groups excluding carboxylic acids is 1. The van der Waals surface area contributed by atoms with Crippen LogP contribution < -0.4 is 4.90 Å². The summed E-state index contributed by atoms with van der Waals surface area (Å²) < 4.78 is 13.4. The molecule has 2 rings (SSSR count). The van der Waals surface area contributed by atoms with Gasteiger partial charge in [0.15, 0.2) is 0 Å². The molecule has 5 nitrogen and oxygen atoms in total. The third kappa shape index (κ3) is 2.14. The van der Waals surface area contributed by atoms with E-state index >= 15 is 0 Å². The average molecular weight is 303 g/mol. The molecule has 1 aromatic rings. The van der Waals surface area contributed by atoms with Gasteiger partial charge in [0.05, 0.1) is 15.5 Å². The number of benzene rings is 1. The summed E-state index contributed by atoms with van der Waals surface area (Å²) in [6.07, 6.45) is 1.02. The summed E-state index contributed by atoms with van der Waals surface area (Å²) in [4.78, 5) is 23.0. The Hall–Kier alpha value is -1.50. The van der Waals surface area contributed by atoms with Crippen molar-refractivity contribution in [2.24, 2.45) is 0 Å². The Bertz CT molecular complexity index is 507. The van der Waals surface area contributed by atoms with Crippen LogP contribution in [0.25, 0.3) is 0 Å². The van der Waals surface area contributed by atoms with Crippen molar-refractivity contribution in [2.45, 2.75) is 12.8 Å². The molecule has 1 aliphatic heterocycles. The fourth-order valence-corrected chi connectivity index (χ4v) is 2.12. The number of halogens is 2. The summed E-state index contributed by atoms with van der Waals surface area (Å²) in [5.41, 5.74) is -0.244. The van der Waals surface area contributed by atoms with Gasteiger partial charge < -0.3 is 4.90 Å². The molecule has 0 bridgehead atoms.